The lowest BCUT2D eigenvalue weighted by Gasteiger charge is -2.33. The number of carbonyl (C=O) groups excluding carboxylic acids is 1. The number of nitrogens with one attached hydrogen (secondary N) is 2. The van der Waals surface area contributed by atoms with E-state index in [0.717, 1.165) is 36.9 Å². The van der Waals surface area contributed by atoms with E-state index < -0.39 is 0 Å². The molecule has 1 aromatic heterocycles. The van der Waals surface area contributed by atoms with Crippen LogP contribution in [0.4, 0.5) is 0 Å². The second kappa shape index (κ2) is 9.97. The van der Waals surface area contributed by atoms with Crippen LogP contribution in [0.2, 0.25) is 0 Å². The van der Waals surface area contributed by atoms with Crippen LogP contribution < -0.4 is 10.6 Å². The summed E-state index contributed by atoms with van der Waals surface area (Å²) in [5.74, 6) is 2.28. The van der Waals surface area contributed by atoms with Gasteiger partial charge in [-0.25, -0.2) is 4.99 Å². The molecule has 1 fully saturated rings. The average molecular weight is 383 g/mol. The zero-order chi connectivity index (χ0) is 19.8. The van der Waals surface area contributed by atoms with Crippen LogP contribution in [0.15, 0.2) is 52.1 Å². The van der Waals surface area contributed by atoms with Gasteiger partial charge >= 0.3 is 0 Å². The number of aliphatic imine (C=N–C) groups is 1. The summed E-state index contributed by atoms with van der Waals surface area (Å²) in [5.41, 5.74) is 1.65. The number of hydrogen-bond donors (Lipinski definition) is 2. The van der Waals surface area contributed by atoms with Gasteiger partial charge in [-0.3, -0.25) is 4.79 Å². The number of piperidine rings is 1. The fourth-order valence-corrected chi connectivity index (χ4v) is 3.47. The predicted molar refractivity (Wildman–Crippen MR) is 111 cm³/mol. The molecule has 1 unspecified atom stereocenters. The highest BCUT2D eigenvalue weighted by Gasteiger charge is 2.19. The first-order chi connectivity index (χ1) is 13.7. The minimum absolute atomic E-state index is 0.112. The molecule has 3 rings (SSSR count). The predicted octanol–water partition coefficient (Wildman–Crippen LogP) is 3.41. The van der Waals surface area contributed by atoms with Crippen LogP contribution in [-0.4, -0.2) is 36.4 Å². The third kappa shape index (κ3) is 5.62. The van der Waals surface area contributed by atoms with Gasteiger partial charge in [-0.15, -0.1) is 0 Å². The van der Waals surface area contributed by atoms with Crippen LogP contribution >= 0.6 is 0 Å². The number of carbonyl (C=O) groups is 1. The number of amides is 1. The van der Waals surface area contributed by atoms with Crippen LogP contribution in [0.5, 0.6) is 0 Å². The Hall–Kier alpha value is -2.76. The van der Waals surface area contributed by atoms with Crippen LogP contribution in [0.25, 0.3) is 0 Å². The van der Waals surface area contributed by atoms with Crippen molar-refractivity contribution >= 4 is 11.9 Å². The summed E-state index contributed by atoms with van der Waals surface area (Å²) < 4.78 is 5.25. The lowest BCUT2D eigenvalue weighted by molar-refractivity contribution is 0.0948. The van der Waals surface area contributed by atoms with Gasteiger partial charge in [0.15, 0.2) is 5.96 Å². The molecule has 0 bridgehead atoms. The molecule has 150 valence electrons. The van der Waals surface area contributed by atoms with E-state index in [1.807, 2.05) is 36.4 Å². The first-order valence-electron chi connectivity index (χ1n) is 10.1. The number of benzene rings is 1. The number of guanidine groups is 1. The van der Waals surface area contributed by atoms with Crippen molar-refractivity contribution < 1.29 is 9.21 Å². The lowest BCUT2D eigenvalue weighted by Crippen LogP contribution is -2.46. The summed E-state index contributed by atoms with van der Waals surface area (Å²) >= 11 is 0. The molecule has 28 heavy (non-hydrogen) atoms. The Morgan fingerprint density at radius 2 is 2.18 bits per heavy atom. The van der Waals surface area contributed by atoms with E-state index in [0.29, 0.717) is 24.6 Å². The van der Waals surface area contributed by atoms with Gasteiger partial charge in [0.05, 0.1) is 19.4 Å². The highest BCUT2D eigenvalue weighted by molar-refractivity contribution is 5.94. The molecule has 1 aliphatic heterocycles. The molecule has 0 saturated carbocycles. The standard InChI is InChI=1S/C22H30N4O2/c1-3-23-22(26-11-5-7-17(2)16-26)25-14-18-8-4-9-19(13-18)21(27)24-15-20-10-6-12-28-20/h4,6,8-10,12-13,17H,3,5,7,11,14-16H2,1-2H3,(H,23,25)(H,24,27). The van der Waals surface area contributed by atoms with Gasteiger partial charge in [-0.1, -0.05) is 19.1 Å². The van der Waals surface area contributed by atoms with Crippen LogP contribution in [0, 0.1) is 5.92 Å². The van der Waals surface area contributed by atoms with E-state index in [9.17, 15) is 4.79 Å². The first kappa shape index (κ1) is 20.0. The maximum absolute atomic E-state index is 12.4. The Morgan fingerprint density at radius 1 is 1.29 bits per heavy atom. The van der Waals surface area contributed by atoms with Crippen molar-refractivity contribution in [1.29, 1.82) is 0 Å². The van der Waals surface area contributed by atoms with Crippen molar-refractivity contribution in [2.24, 2.45) is 10.9 Å². The fourth-order valence-electron chi connectivity index (χ4n) is 3.47. The molecule has 1 aliphatic rings. The summed E-state index contributed by atoms with van der Waals surface area (Å²) in [6, 6.07) is 11.3. The molecule has 0 aliphatic carbocycles. The molecule has 6 nitrogen and oxygen atoms in total. The molecule has 2 aromatic rings. The average Bonchev–Trinajstić information content (AvgIpc) is 3.23. The summed E-state index contributed by atoms with van der Waals surface area (Å²) in [4.78, 5) is 19.6. The van der Waals surface area contributed by atoms with Crippen LogP contribution in [-0.2, 0) is 13.1 Å². The SMILES string of the molecule is CCNC(=NCc1cccc(C(=O)NCc2ccco2)c1)N1CCCC(C)C1. The Labute approximate surface area is 167 Å². The molecular formula is C22H30N4O2. The van der Waals surface area contributed by atoms with E-state index >= 15 is 0 Å². The normalized spacial score (nSPS) is 17.4. The number of furan rings is 1. The second-order valence-corrected chi connectivity index (χ2v) is 7.33. The van der Waals surface area contributed by atoms with Crippen LogP contribution in [0.3, 0.4) is 0 Å². The quantitative estimate of drug-likeness (QED) is 0.593. The third-order valence-electron chi connectivity index (χ3n) is 4.90. The fraction of sp³-hybridized carbons (Fsp3) is 0.455. The maximum Gasteiger partial charge on any atom is 0.251 e. The largest absolute Gasteiger partial charge is 0.467 e. The van der Waals surface area contributed by atoms with Gasteiger partial charge < -0.3 is 20.0 Å². The molecule has 2 N–H and O–H groups in total. The molecule has 0 spiro atoms. The van der Waals surface area contributed by atoms with Crippen LogP contribution in [0.1, 0.15) is 48.4 Å². The number of rotatable bonds is 6. The third-order valence-corrected chi connectivity index (χ3v) is 4.90. The zero-order valence-electron chi connectivity index (χ0n) is 16.8. The molecule has 2 heterocycles. The second-order valence-electron chi connectivity index (χ2n) is 7.33. The topological polar surface area (TPSA) is 69.9 Å². The maximum atomic E-state index is 12.4. The van der Waals surface area contributed by atoms with Crippen molar-refractivity contribution in [3.63, 3.8) is 0 Å². The van der Waals surface area contributed by atoms with E-state index in [2.05, 4.69) is 29.4 Å². The van der Waals surface area contributed by atoms with Crippen molar-refractivity contribution in [2.75, 3.05) is 19.6 Å². The monoisotopic (exact) mass is 382 g/mol. The van der Waals surface area contributed by atoms with E-state index in [1.54, 1.807) is 6.26 Å². The zero-order valence-corrected chi connectivity index (χ0v) is 16.8. The van der Waals surface area contributed by atoms with Crippen molar-refractivity contribution in [3.8, 4) is 0 Å². The Balaban J connectivity index is 1.63. The summed E-state index contributed by atoms with van der Waals surface area (Å²) in [7, 11) is 0. The molecule has 1 amide bonds. The lowest BCUT2D eigenvalue weighted by atomic mass is 10.0. The molecule has 1 saturated heterocycles. The van der Waals surface area contributed by atoms with Gasteiger partial charge in [0.1, 0.15) is 5.76 Å². The Bertz CT molecular complexity index is 786. The molecule has 6 heteroatoms. The van der Waals surface area contributed by atoms with Gasteiger partial charge in [0.2, 0.25) is 0 Å². The Morgan fingerprint density at radius 3 is 2.93 bits per heavy atom. The summed E-state index contributed by atoms with van der Waals surface area (Å²) in [6.07, 6.45) is 4.09. The molecular weight excluding hydrogens is 352 g/mol. The van der Waals surface area contributed by atoms with E-state index in [1.165, 1.54) is 12.8 Å². The van der Waals surface area contributed by atoms with Gasteiger partial charge in [0, 0.05) is 25.2 Å². The number of likely N-dealkylation sites (tertiary alicyclic amines) is 1. The van der Waals surface area contributed by atoms with E-state index in [4.69, 9.17) is 9.41 Å². The summed E-state index contributed by atoms with van der Waals surface area (Å²) in [5, 5.41) is 6.28. The number of nitrogens with zero attached hydrogens (tertiary/aromatic N) is 2. The first-order valence-corrected chi connectivity index (χ1v) is 10.1. The highest BCUT2D eigenvalue weighted by Crippen LogP contribution is 2.16. The molecule has 1 aromatic carbocycles. The minimum Gasteiger partial charge on any atom is -0.467 e. The Kier molecular flexibility index (Phi) is 7.12. The highest BCUT2D eigenvalue weighted by atomic mass is 16.3. The smallest absolute Gasteiger partial charge is 0.251 e. The minimum atomic E-state index is -0.112. The van der Waals surface area contributed by atoms with Gasteiger partial charge in [-0.05, 0) is 55.5 Å². The van der Waals surface area contributed by atoms with Gasteiger partial charge in [0.25, 0.3) is 5.91 Å². The van der Waals surface area contributed by atoms with E-state index in [-0.39, 0.29) is 5.91 Å². The molecule has 0 radical (unpaired) electrons. The summed E-state index contributed by atoms with van der Waals surface area (Å²) in [6.45, 7) is 8.25. The molecule has 1 atom stereocenters. The number of hydrogen-bond acceptors (Lipinski definition) is 3. The van der Waals surface area contributed by atoms with Crippen molar-refractivity contribution in [2.45, 2.75) is 39.8 Å². The van der Waals surface area contributed by atoms with Crippen molar-refractivity contribution in [3.05, 3.63) is 59.5 Å². The van der Waals surface area contributed by atoms with Crippen molar-refractivity contribution in [1.82, 2.24) is 15.5 Å². The van der Waals surface area contributed by atoms with Gasteiger partial charge in [-0.2, -0.15) is 0 Å².